The summed E-state index contributed by atoms with van der Waals surface area (Å²) in [6.45, 7) is 5.66. The molecule has 0 aliphatic heterocycles. The van der Waals surface area contributed by atoms with Crippen molar-refractivity contribution in [1.82, 2.24) is 5.48 Å². The second kappa shape index (κ2) is 5.31. The van der Waals surface area contributed by atoms with Crippen LogP contribution in [0.3, 0.4) is 0 Å². The quantitative estimate of drug-likeness (QED) is 0.344. The minimum atomic E-state index is -0.253. The van der Waals surface area contributed by atoms with Crippen molar-refractivity contribution in [2.45, 2.75) is 13.3 Å². The van der Waals surface area contributed by atoms with Crippen molar-refractivity contribution in [1.29, 1.82) is 0 Å². The van der Waals surface area contributed by atoms with Gasteiger partial charge >= 0.3 is 5.97 Å². The average Bonchev–Trinajstić information content (AvgIpc) is 1.89. The van der Waals surface area contributed by atoms with E-state index in [1.54, 1.807) is 13.0 Å². The van der Waals surface area contributed by atoms with Gasteiger partial charge in [0.1, 0.15) is 0 Å². The van der Waals surface area contributed by atoms with Gasteiger partial charge in [-0.3, -0.25) is 4.79 Å². The van der Waals surface area contributed by atoms with E-state index in [1.807, 2.05) is 0 Å². The predicted octanol–water partition coefficient (Wildman–Crippen LogP) is 0.630. The van der Waals surface area contributed by atoms with Crippen LogP contribution >= 0.6 is 0 Å². The average molecular weight is 129 g/mol. The van der Waals surface area contributed by atoms with Crippen molar-refractivity contribution in [3.05, 3.63) is 12.7 Å². The number of rotatable bonds is 4. The highest BCUT2D eigenvalue weighted by molar-refractivity contribution is 5.68. The molecule has 0 saturated carbocycles. The molecule has 1 N–H and O–H groups in total. The zero-order valence-electron chi connectivity index (χ0n) is 5.52. The number of hydrogen-bond acceptors (Lipinski definition) is 3. The van der Waals surface area contributed by atoms with Gasteiger partial charge in [0.15, 0.2) is 0 Å². The smallest absolute Gasteiger partial charge is 0.324 e. The van der Waals surface area contributed by atoms with E-state index in [2.05, 4.69) is 16.9 Å². The first-order valence-corrected chi connectivity index (χ1v) is 2.84. The van der Waals surface area contributed by atoms with Gasteiger partial charge in [0, 0.05) is 13.0 Å². The molecule has 0 amide bonds. The van der Waals surface area contributed by atoms with E-state index in [1.165, 1.54) is 0 Å². The zero-order valence-corrected chi connectivity index (χ0v) is 5.52. The van der Waals surface area contributed by atoms with E-state index in [-0.39, 0.29) is 5.97 Å². The summed E-state index contributed by atoms with van der Waals surface area (Å²) in [5, 5.41) is 0. The fourth-order valence-electron chi connectivity index (χ4n) is 0.253. The van der Waals surface area contributed by atoms with Crippen molar-refractivity contribution in [3.8, 4) is 0 Å². The second-order valence-electron chi connectivity index (χ2n) is 1.46. The van der Waals surface area contributed by atoms with Gasteiger partial charge in [-0.2, -0.15) is 0 Å². The summed E-state index contributed by atoms with van der Waals surface area (Å²) < 4.78 is 0. The van der Waals surface area contributed by atoms with Crippen LogP contribution in [0.15, 0.2) is 12.7 Å². The Kier molecular flexibility index (Phi) is 4.82. The standard InChI is InChI=1S/C6H11NO2/c1-3-5-7-9-6(8)4-2/h3,7H,1,4-5H2,2H3. The summed E-state index contributed by atoms with van der Waals surface area (Å²) in [4.78, 5) is 14.8. The normalized spacial score (nSPS) is 8.56. The number of hydroxylamine groups is 1. The Labute approximate surface area is 54.7 Å². The van der Waals surface area contributed by atoms with Gasteiger partial charge in [-0.05, 0) is 0 Å². The maximum absolute atomic E-state index is 10.4. The SMILES string of the molecule is C=CCNOC(=O)CC. The summed E-state index contributed by atoms with van der Waals surface area (Å²) in [5.41, 5.74) is 2.42. The van der Waals surface area contributed by atoms with Gasteiger partial charge in [0.05, 0.1) is 0 Å². The summed E-state index contributed by atoms with van der Waals surface area (Å²) in [6.07, 6.45) is 2.01. The highest BCUT2D eigenvalue weighted by Gasteiger charge is 1.93. The molecule has 0 aliphatic rings. The third-order valence-corrected chi connectivity index (χ3v) is 0.702. The lowest BCUT2D eigenvalue weighted by Crippen LogP contribution is -2.18. The lowest BCUT2D eigenvalue weighted by molar-refractivity contribution is -0.150. The Hall–Kier alpha value is -0.830. The molecule has 0 fully saturated rings. The molecule has 0 rings (SSSR count). The van der Waals surface area contributed by atoms with Crippen LogP contribution in [-0.4, -0.2) is 12.5 Å². The Morgan fingerprint density at radius 3 is 3.00 bits per heavy atom. The Morgan fingerprint density at radius 1 is 1.89 bits per heavy atom. The van der Waals surface area contributed by atoms with E-state index < -0.39 is 0 Å². The van der Waals surface area contributed by atoms with Crippen molar-refractivity contribution in [3.63, 3.8) is 0 Å². The van der Waals surface area contributed by atoms with E-state index in [0.29, 0.717) is 13.0 Å². The molecule has 0 aromatic rings. The van der Waals surface area contributed by atoms with Crippen LogP contribution in [0.1, 0.15) is 13.3 Å². The van der Waals surface area contributed by atoms with Crippen molar-refractivity contribution < 1.29 is 9.63 Å². The van der Waals surface area contributed by atoms with Crippen LogP contribution in [0.2, 0.25) is 0 Å². The number of carbonyl (C=O) groups excluding carboxylic acids is 1. The predicted molar refractivity (Wildman–Crippen MR) is 34.6 cm³/mol. The highest BCUT2D eigenvalue weighted by Crippen LogP contribution is 1.78. The van der Waals surface area contributed by atoms with E-state index in [9.17, 15) is 4.79 Å². The number of hydrogen-bond donors (Lipinski definition) is 1. The summed E-state index contributed by atoms with van der Waals surface area (Å²) in [5.74, 6) is -0.253. The first kappa shape index (κ1) is 8.17. The molecule has 9 heavy (non-hydrogen) atoms. The first-order valence-electron chi connectivity index (χ1n) is 2.84. The van der Waals surface area contributed by atoms with Crippen LogP contribution in [0.25, 0.3) is 0 Å². The van der Waals surface area contributed by atoms with Gasteiger partial charge in [0.25, 0.3) is 0 Å². The summed E-state index contributed by atoms with van der Waals surface area (Å²) in [7, 11) is 0. The van der Waals surface area contributed by atoms with Crippen molar-refractivity contribution in [2.75, 3.05) is 6.54 Å². The van der Waals surface area contributed by atoms with E-state index in [4.69, 9.17) is 0 Å². The highest BCUT2D eigenvalue weighted by atomic mass is 16.7. The lowest BCUT2D eigenvalue weighted by atomic mass is 10.5. The second-order valence-corrected chi connectivity index (χ2v) is 1.46. The van der Waals surface area contributed by atoms with Gasteiger partial charge in [0.2, 0.25) is 0 Å². The van der Waals surface area contributed by atoms with Gasteiger partial charge in [-0.1, -0.05) is 13.0 Å². The maximum Gasteiger partial charge on any atom is 0.324 e. The van der Waals surface area contributed by atoms with Crippen LogP contribution in [-0.2, 0) is 9.63 Å². The molecular formula is C6H11NO2. The Morgan fingerprint density at radius 2 is 2.56 bits per heavy atom. The molecule has 0 unspecified atom stereocenters. The fraction of sp³-hybridized carbons (Fsp3) is 0.500. The van der Waals surface area contributed by atoms with Gasteiger partial charge in [-0.15, -0.1) is 12.1 Å². The Balaban J connectivity index is 3.06. The molecule has 0 aliphatic carbocycles. The molecule has 0 aromatic carbocycles. The molecule has 0 aromatic heterocycles. The largest absolute Gasteiger partial charge is 0.370 e. The topological polar surface area (TPSA) is 38.3 Å². The Bertz CT molecular complexity index is 101. The molecule has 0 heterocycles. The molecule has 0 spiro atoms. The lowest BCUT2D eigenvalue weighted by Gasteiger charge is -1.98. The minimum Gasteiger partial charge on any atom is -0.370 e. The van der Waals surface area contributed by atoms with Crippen LogP contribution in [0.5, 0.6) is 0 Å². The van der Waals surface area contributed by atoms with Crippen LogP contribution < -0.4 is 5.48 Å². The minimum absolute atomic E-state index is 0.253. The first-order chi connectivity index (χ1) is 4.31. The molecule has 3 heteroatoms. The maximum atomic E-state index is 10.4. The van der Waals surface area contributed by atoms with Crippen LogP contribution in [0, 0.1) is 0 Å². The fourth-order valence-corrected chi connectivity index (χ4v) is 0.253. The molecular weight excluding hydrogens is 118 g/mol. The number of nitrogens with one attached hydrogen (secondary N) is 1. The third-order valence-electron chi connectivity index (χ3n) is 0.702. The third kappa shape index (κ3) is 5.03. The summed E-state index contributed by atoms with van der Waals surface area (Å²) >= 11 is 0. The molecule has 3 nitrogen and oxygen atoms in total. The van der Waals surface area contributed by atoms with E-state index >= 15 is 0 Å². The van der Waals surface area contributed by atoms with Crippen molar-refractivity contribution in [2.24, 2.45) is 0 Å². The molecule has 52 valence electrons. The van der Waals surface area contributed by atoms with Crippen molar-refractivity contribution >= 4 is 5.97 Å². The number of carbonyl (C=O) groups is 1. The van der Waals surface area contributed by atoms with Crippen LogP contribution in [0.4, 0.5) is 0 Å². The molecule has 0 radical (unpaired) electrons. The monoisotopic (exact) mass is 129 g/mol. The molecule has 0 bridgehead atoms. The zero-order chi connectivity index (χ0) is 7.11. The molecule has 0 atom stereocenters. The van der Waals surface area contributed by atoms with Gasteiger partial charge in [-0.25, -0.2) is 0 Å². The summed E-state index contributed by atoms with van der Waals surface area (Å²) in [6, 6.07) is 0. The molecule has 0 saturated heterocycles. The van der Waals surface area contributed by atoms with Gasteiger partial charge < -0.3 is 4.84 Å². The van der Waals surface area contributed by atoms with E-state index in [0.717, 1.165) is 0 Å².